The Balaban J connectivity index is 0.000000618. The average Bonchev–Trinajstić information content (AvgIpc) is 2.98. The van der Waals surface area contributed by atoms with Crippen LogP contribution in [0.25, 0.3) is 0 Å². The Bertz CT molecular complexity index is 963. The zero-order valence-corrected chi connectivity index (χ0v) is 30.1. The molecule has 0 N–H and O–H groups in total. The Hall–Kier alpha value is -2.15. The fourth-order valence-electron chi connectivity index (χ4n) is 3.66. The molecule has 2 atom stereocenters. The maximum absolute atomic E-state index is 11.7. The lowest BCUT2D eigenvalue weighted by Crippen LogP contribution is -2.36. The lowest BCUT2D eigenvalue weighted by molar-refractivity contribution is -0.154. The van der Waals surface area contributed by atoms with Gasteiger partial charge in [0.15, 0.2) is 0 Å². The third-order valence-electron chi connectivity index (χ3n) is 7.77. The smallest absolute Gasteiger partial charge is 0.334 e. The summed E-state index contributed by atoms with van der Waals surface area (Å²) in [5.41, 5.74) is 2.34. The zero-order chi connectivity index (χ0) is 32.4. The van der Waals surface area contributed by atoms with Crippen molar-refractivity contribution >= 4 is 14.5 Å². The maximum Gasteiger partial charge on any atom is 0.334 e. The van der Waals surface area contributed by atoms with Crippen LogP contribution in [-0.2, 0) is 18.4 Å². The molecule has 6 heteroatoms. The Labute approximate surface area is 260 Å². The number of ether oxygens (including phenoxy) is 2. The van der Waals surface area contributed by atoms with Gasteiger partial charge in [0.2, 0.25) is 0 Å². The molecule has 2 aromatic rings. The molecule has 2 rings (SSSR count). The summed E-state index contributed by atoms with van der Waals surface area (Å²) in [6.45, 7) is 23.4. The summed E-state index contributed by atoms with van der Waals surface area (Å²) in [7, 11) is 1.32. The Morgan fingerprint density at radius 3 is 1.67 bits per heavy atom. The van der Waals surface area contributed by atoms with Crippen molar-refractivity contribution < 1.29 is 23.1 Å². The van der Waals surface area contributed by atoms with Crippen molar-refractivity contribution in [2.75, 3.05) is 20.8 Å². The lowest BCUT2D eigenvalue weighted by atomic mass is 9.91. The fraction of sp³-hybridized carbons (Fsp3) is 0.639. The van der Waals surface area contributed by atoms with E-state index in [1.807, 2.05) is 27.3 Å². The normalized spacial score (nSPS) is 13.1. The first-order valence-corrected chi connectivity index (χ1v) is 18.2. The van der Waals surface area contributed by atoms with Crippen molar-refractivity contribution in [2.45, 2.75) is 125 Å². The average molecular weight is 603 g/mol. The van der Waals surface area contributed by atoms with Crippen LogP contribution >= 0.6 is 0 Å². The van der Waals surface area contributed by atoms with Gasteiger partial charge in [0.05, 0.1) is 12.0 Å². The summed E-state index contributed by atoms with van der Waals surface area (Å²) in [5, 5.41) is 0. The fourth-order valence-corrected chi connectivity index (χ4v) is 5.02. The molecule has 0 aromatic heterocycles. The molecular weight excluding hydrogens is 540 g/mol. The molecule has 0 aliphatic heterocycles. The molecule has 42 heavy (non-hydrogen) atoms. The van der Waals surface area contributed by atoms with Crippen molar-refractivity contribution in [1.82, 2.24) is 0 Å². The number of esters is 1. The predicted molar refractivity (Wildman–Crippen MR) is 181 cm³/mol. The summed E-state index contributed by atoms with van der Waals surface area (Å²) in [6.07, 6.45) is 3.98. The minimum Gasteiger partial charge on any atom is -0.488 e. The minimum atomic E-state index is -2.01. The van der Waals surface area contributed by atoms with E-state index >= 15 is 0 Å². The first-order valence-electron chi connectivity index (χ1n) is 15.7. The van der Waals surface area contributed by atoms with Gasteiger partial charge in [-0.3, -0.25) is 4.79 Å². The number of benzene rings is 2. The third-order valence-corrected chi connectivity index (χ3v) is 10.8. The van der Waals surface area contributed by atoms with Gasteiger partial charge in [0, 0.05) is 14.2 Å². The van der Waals surface area contributed by atoms with Crippen LogP contribution in [0.3, 0.4) is 0 Å². The molecule has 0 bridgehead atoms. The molecule has 2 unspecified atom stereocenters. The maximum atomic E-state index is 11.7. The van der Waals surface area contributed by atoms with Gasteiger partial charge >= 0.3 is 14.5 Å². The Morgan fingerprint density at radius 1 is 0.786 bits per heavy atom. The standard InChI is InChI=1S/C14H22O.C12H26O4Si.C10H14/c1-6-11(2)12-7-9-13(10-8-12)15-14(3,4)5;1-7-12(2,3)11(13)16-9-8-10-17(6,14-4)15-5;1-3-9(2)10-7-5-4-6-8-10/h7-11H,6H2,1-5H3;7-10H2,1-6H3;4-9H,3H2,1-2H3. The van der Waals surface area contributed by atoms with Crippen LogP contribution in [0.1, 0.15) is 118 Å². The van der Waals surface area contributed by atoms with Gasteiger partial charge in [0.25, 0.3) is 0 Å². The van der Waals surface area contributed by atoms with Crippen molar-refractivity contribution in [3.63, 3.8) is 0 Å². The van der Waals surface area contributed by atoms with Crippen LogP contribution in [0.5, 0.6) is 5.75 Å². The van der Waals surface area contributed by atoms with Gasteiger partial charge in [-0.1, -0.05) is 77.1 Å². The number of hydrogen-bond acceptors (Lipinski definition) is 5. The molecule has 0 heterocycles. The molecule has 0 saturated heterocycles. The summed E-state index contributed by atoms with van der Waals surface area (Å²) >= 11 is 0. The van der Waals surface area contributed by atoms with E-state index in [1.54, 1.807) is 14.2 Å². The van der Waals surface area contributed by atoms with Gasteiger partial charge in [-0.15, -0.1) is 0 Å². The lowest BCUT2D eigenvalue weighted by Gasteiger charge is -2.23. The molecule has 2 aromatic carbocycles. The van der Waals surface area contributed by atoms with E-state index < -0.39 is 8.56 Å². The molecule has 240 valence electrons. The van der Waals surface area contributed by atoms with Gasteiger partial charge < -0.3 is 18.3 Å². The highest BCUT2D eigenvalue weighted by Gasteiger charge is 2.29. The molecule has 0 aliphatic carbocycles. The van der Waals surface area contributed by atoms with E-state index in [1.165, 1.54) is 24.0 Å². The topological polar surface area (TPSA) is 54.0 Å². The Kier molecular flexibility index (Phi) is 18.9. The van der Waals surface area contributed by atoms with Gasteiger partial charge in [0.1, 0.15) is 11.4 Å². The van der Waals surface area contributed by atoms with Crippen LogP contribution in [0.15, 0.2) is 54.6 Å². The summed E-state index contributed by atoms with van der Waals surface area (Å²) in [6, 6.07) is 19.9. The summed E-state index contributed by atoms with van der Waals surface area (Å²) in [4.78, 5) is 11.7. The predicted octanol–water partition coefficient (Wildman–Crippen LogP) is 10.3. The molecule has 0 radical (unpaired) electrons. The van der Waals surface area contributed by atoms with Gasteiger partial charge in [-0.25, -0.2) is 0 Å². The number of hydrogen-bond donors (Lipinski definition) is 0. The molecule has 0 saturated carbocycles. The third kappa shape index (κ3) is 16.5. The number of carbonyl (C=O) groups excluding carboxylic acids is 1. The highest BCUT2D eigenvalue weighted by atomic mass is 28.4. The van der Waals surface area contributed by atoms with Crippen LogP contribution in [-0.4, -0.2) is 41.0 Å². The van der Waals surface area contributed by atoms with Crippen LogP contribution in [0.4, 0.5) is 0 Å². The Morgan fingerprint density at radius 2 is 1.26 bits per heavy atom. The van der Waals surface area contributed by atoms with E-state index in [0.29, 0.717) is 18.4 Å². The largest absolute Gasteiger partial charge is 0.488 e. The van der Waals surface area contributed by atoms with Crippen molar-refractivity contribution in [3.8, 4) is 5.75 Å². The second-order valence-corrected chi connectivity index (χ2v) is 16.4. The molecule has 0 amide bonds. The second kappa shape index (κ2) is 19.9. The SMILES string of the molecule is CCC(C)(C)C(=O)OCCC[Si](C)(OC)OC.CCC(C)c1ccc(OC(C)(C)C)cc1.CCC(C)c1ccccc1. The number of carbonyl (C=O) groups is 1. The number of rotatable bonds is 13. The van der Waals surface area contributed by atoms with Crippen molar-refractivity contribution in [3.05, 3.63) is 65.7 Å². The van der Waals surface area contributed by atoms with Crippen molar-refractivity contribution in [2.24, 2.45) is 5.41 Å². The van der Waals surface area contributed by atoms with E-state index in [9.17, 15) is 4.79 Å². The second-order valence-electron chi connectivity index (χ2n) is 12.8. The highest BCUT2D eigenvalue weighted by molar-refractivity contribution is 6.65. The quantitative estimate of drug-likeness (QED) is 0.130. The molecule has 0 aliphatic rings. The summed E-state index contributed by atoms with van der Waals surface area (Å²) in [5.74, 6) is 2.17. The van der Waals surface area contributed by atoms with Crippen LogP contribution in [0, 0.1) is 5.41 Å². The van der Waals surface area contributed by atoms with Gasteiger partial charge in [-0.2, -0.15) is 0 Å². The molecule has 0 spiro atoms. The van der Waals surface area contributed by atoms with E-state index in [-0.39, 0.29) is 17.0 Å². The van der Waals surface area contributed by atoms with Gasteiger partial charge in [-0.05, 0) is 108 Å². The van der Waals surface area contributed by atoms with Crippen LogP contribution in [0.2, 0.25) is 12.6 Å². The van der Waals surface area contributed by atoms with E-state index in [0.717, 1.165) is 24.6 Å². The minimum absolute atomic E-state index is 0.113. The van der Waals surface area contributed by atoms with Crippen molar-refractivity contribution in [1.29, 1.82) is 0 Å². The first-order chi connectivity index (χ1) is 19.6. The highest BCUT2D eigenvalue weighted by Crippen LogP contribution is 2.24. The monoisotopic (exact) mass is 602 g/mol. The van der Waals surface area contributed by atoms with Crippen LogP contribution < -0.4 is 4.74 Å². The van der Waals surface area contributed by atoms with E-state index in [2.05, 4.69) is 103 Å². The summed E-state index contributed by atoms with van der Waals surface area (Å²) < 4.78 is 21.7. The molecule has 5 nitrogen and oxygen atoms in total. The molecular formula is C36H62O5Si. The zero-order valence-electron chi connectivity index (χ0n) is 29.1. The molecule has 0 fully saturated rings. The first kappa shape index (κ1) is 39.8. The van der Waals surface area contributed by atoms with E-state index in [4.69, 9.17) is 18.3 Å².